The Morgan fingerprint density at radius 1 is 1.14 bits per heavy atom. The van der Waals surface area contributed by atoms with Crippen LogP contribution in [0.25, 0.3) is 11.0 Å². The second kappa shape index (κ2) is 6.62. The summed E-state index contributed by atoms with van der Waals surface area (Å²) in [5, 5.41) is 3.65. The highest BCUT2D eigenvalue weighted by Crippen LogP contribution is 2.11. The van der Waals surface area contributed by atoms with Crippen molar-refractivity contribution in [1.82, 2.24) is 14.9 Å². The number of carbonyl (C=O) groups excluding carboxylic acids is 1. The van der Waals surface area contributed by atoms with Gasteiger partial charge in [0, 0.05) is 11.6 Å². The van der Waals surface area contributed by atoms with E-state index in [0.29, 0.717) is 6.54 Å². The monoisotopic (exact) mass is 313 g/mol. The van der Waals surface area contributed by atoms with Gasteiger partial charge in [0.1, 0.15) is 6.54 Å². The van der Waals surface area contributed by atoms with Crippen LogP contribution in [-0.4, -0.2) is 22.0 Å². The van der Waals surface area contributed by atoms with Crippen molar-refractivity contribution in [3.63, 3.8) is 0 Å². The maximum Gasteiger partial charge on any atom is 0.240 e. The summed E-state index contributed by atoms with van der Waals surface area (Å²) in [4.78, 5) is 16.3. The summed E-state index contributed by atoms with van der Waals surface area (Å²) in [5.41, 5.74) is 3.02. The molecular weight excluding hydrogens is 298 g/mol. The van der Waals surface area contributed by atoms with Crippen LogP contribution in [0.4, 0.5) is 0 Å². The molecule has 0 aliphatic heterocycles. The zero-order chi connectivity index (χ0) is 15.4. The van der Waals surface area contributed by atoms with Gasteiger partial charge in [0.2, 0.25) is 5.91 Å². The lowest BCUT2D eigenvalue weighted by Gasteiger charge is -2.07. The van der Waals surface area contributed by atoms with E-state index in [1.165, 1.54) is 0 Å². The van der Waals surface area contributed by atoms with E-state index in [2.05, 4.69) is 10.3 Å². The average molecular weight is 314 g/mol. The van der Waals surface area contributed by atoms with E-state index in [-0.39, 0.29) is 12.5 Å². The van der Waals surface area contributed by atoms with Crippen LogP contribution < -0.4 is 5.32 Å². The van der Waals surface area contributed by atoms with Gasteiger partial charge in [0.05, 0.1) is 17.4 Å². The summed E-state index contributed by atoms with van der Waals surface area (Å²) in [5.74, 6) is -0.0166. The number of fused-ring (bicyclic) bond motifs is 1. The Balaban J connectivity index is 1.53. The van der Waals surface area contributed by atoms with Gasteiger partial charge in [-0.3, -0.25) is 4.79 Å². The molecule has 0 spiro atoms. The molecule has 1 aromatic heterocycles. The van der Waals surface area contributed by atoms with Gasteiger partial charge >= 0.3 is 0 Å². The number of imidazole rings is 1. The molecule has 0 radical (unpaired) electrons. The maximum absolute atomic E-state index is 12.0. The largest absolute Gasteiger partial charge is 0.354 e. The van der Waals surface area contributed by atoms with Crippen molar-refractivity contribution >= 4 is 28.5 Å². The van der Waals surface area contributed by atoms with Crippen molar-refractivity contribution in [2.45, 2.75) is 13.0 Å². The summed E-state index contributed by atoms with van der Waals surface area (Å²) in [6, 6.07) is 15.4. The van der Waals surface area contributed by atoms with Crippen molar-refractivity contribution in [2.24, 2.45) is 0 Å². The van der Waals surface area contributed by atoms with Gasteiger partial charge in [-0.2, -0.15) is 0 Å². The van der Waals surface area contributed by atoms with Crippen LogP contribution >= 0.6 is 11.6 Å². The highest BCUT2D eigenvalue weighted by Gasteiger charge is 2.06. The molecule has 0 saturated heterocycles. The highest BCUT2D eigenvalue weighted by atomic mass is 35.5. The topological polar surface area (TPSA) is 46.9 Å². The van der Waals surface area contributed by atoms with E-state index < -0.39 is 0 Å². The summed E-state index contributed by atoms with van der Waals surface area (Å²) < 4.78 is 1.85. The van der Waals surface area contributed by atoms with E-state index in [1.807, 2.05) is 53.1 Å². The Hall–Kier alpha value is -2.33. The zero-order valence-electron chi connectivity index (χ0n) is 12.0. The van der Waals surface area contributed by atoms with Gasteiger partial charge in [-0.15, -0.1) is 0 Å². The van der Waals surface area contributed by atoms with Crippen molar-refractivity contribution in [2.75, 3.05) is 6.54 Å². The molecule has 0 bridgehead atoms. The van der Waals surface area contributed by atoms with Crippen LogP contribution in [0, 0.1) is 0 Å². The molecule has 0 aliphatic rings. The average Bonchev–Trinajstić information content (AvgIpc) is 2.93. The number of halogens is 1. The van der Waals surface area contributed by atoms with Crippen LogP contribution in [0.5, 0.6) is 0 Å². The number of para-hydroxylation sites is 2. The number of benzene rings is 2. The summed E-state index contributed by atoms with van der Waals surface area (Å²) in [7, 11) is 0. The Bertz CT molecular complexity index is 780. The van der Waals surface area contributed by atoms with E-state index in [9.17, 15) is 4.79 Å². The smallest absolute Gasteiger partial charge is 0.240 e. The second-order valence-corrected chi connectivity index (χ2v) is 5.52. The SMILES string of the molecule is O=C(Cn1cnc2ccccc21)NCCc1ccc(Cl)cc1. The lowest BCUT2D eigenvalue weighted by atomic mass is 10.1. The summed E-state index contributed by atoms with van der Waals surface area (Å²) in [6.45, 7) is 0.883. The molecule has 22 heavy (non-hydrogen) atoms. The van der Waals surface area contributed by atoms with Gasteiger partial charge in [0.15, 0.2) is 0 Å². The predicted molar refractivity (Wildman–Crippen MR) is 87.9 cm³/mol. The Labute approximate surface area is 133 Å². The lowest BCUT2D eigenvalue weighted by molar-refractivity contribution is -0.121. The van der Waals surface area contributed by atoms with Crippen molar-refractivity contribution in [1.29, 1.82) is 0 Å². The minimum atomic E-state index is -0.0166. The standard InChI is InChI=1S/C17H16ClN3O/c18-14-7-5-13(6-8-14)9-10-19-17(22)11-21-12-20-15-3-1-2-4-16(15)21/h1-8,12H,9-11H2,(H,19,22). The van der Waals surface area contributed by atoms with Crippen LogP contribution in [0.3, 0.4) is 0 Å². The normalized spacial score (nSPS) is 10.8. The van der Waals surface area contributed by atoms with E-state index in [1.54, 1.807) is 6.33 Å². The van der Waals surface area contributed by atoms with Crippen molar-refractivity contribution < 1.29 is 4.79 Å². The van der Waals surface area contributed by atoms with E-state index >= 15 is 0 Å². The fraction of sp³-hybridized carbons (Fsp3) is 0.176. The second-order valence-electron chi connectivity index (χ2n) is 5.09. The molecule has 4 nitrogen and oxygen atoms in total. The molecule has 2 aromatic carbocycles. The molecule has 0 unspecified atom stereocenters. The fourth-order valence-corrected chi connectivity index (χ4v) is 2.47. The fourth-order valence-electron chi connectivity index (χ4n) is 2.34. The number of carbonyl (C=O) groups is 1. The van der Waals surface area contributed by atoms with Crippen LogP contribution in [0.15, 0.2) is 54.9 Å². The molecule has 1 heterocycles. The minimum Gasteiger partial charge on any atom is -0.354 e. The molecule has 0 atom stereocenters. The van der Waals surface area contributed by atoms with Crippen molar-refractivity contribution in [3.05, 3.63) is 65.4 Å². The number of amides is 1. The van der Waals surface area contributed by atoms with Crippen molar-refractivity contribution in [3.8, 4) is 0 Å². The molecular formula is C17H16ClN3O. The number of aromatic nitrogens is 2. The number of hydrogen-bond donors (Lipinski definition) is 1. The molecule has 112 valence electrons. The molecule has 5 heteroatoms. The van der Waals surface area contributed by atoms with Gasteiger partial charge in [-0.05, 0) is 36.2 Å². The summed E-state index contributed by atoms with van der Waals surface area (Å²) >= 11 is 5.84. The first kappa shape index (κ1) is 14.6. The number of nitrogens with zero attached hydrogens (tertiary/aromatic N) is 2. The Morgan fingerprint density at radius 2 is 1.91 bits per heavy atom. The molecule has 0 saturated carbocycles. The van der Waals surface area contributed by atoms with Gasteiger partial charge in [0.25, 0.3) is 0 Å². The lowest BCUT2D eigenvalue weighted by Crippen LogP contribution is -2.29. The van der Waals surface area contributed by atoms with Gasteiger partial charge in [-0.1, -0.05) is 35.9 Å². The number of nitrogens with one attached hydrogen (secondary N) is 1. The third-order valence-corrected chi connectivity index (χ3v) is 3.74. The minimum absolute atomic E-state index is 0.0166. The van der Waals surface area contributed by atoms with Gasteiger partial charge in [-0.25, -0.2) is 4.98 Å². The van der Waals surface area contributed by atoms with Crippen LogP contribution in [0.2, 0.25) is 5.02 Å². The van der Waals surface area contributed by atoms with Crippen LogP contribution in [0.1, 0.15) is 5.56 Å². The first-order valence-corrected chi connectivity index (χ1v) is 7.51. The number of hydrogen-bond acceptors (Lipinski definition) is 2. The Morgan fingerprint density at radius 3 is 2.73 bits per heavy atom. The quantitative estimate of drug-likeness (QED) is 0.787. The Kier molecular flexibility index (Phi) is 4.39. The molecule has 0 aliphatic carbocycles. The van der Waals surface area contributed by atoms with Crippen LogP contribution in [-0.2, 0) is 17.8 Å². The molecule has 3 rings (SSSR count). The third kappa shape index (κ3) is 3.46. The van der Waals surface area contributed by atoms with E-state index in [4.69, 9.17) is 11.6 Å². The molecule has 1 amide bonds. The van der Waals surface area contributed by atoms with E-state index in [0.717, 1.165) is 28.0 Å². The third-order valence-electron chi connectivity index (χ3n) is 3.49. The predicted octanol–water partition coefficient (Wildman–Crippen LogP) is 3.05. The summed E-state index contributed by atoms with van der Waals surface area (Å²) in [6.07, 6.45) is 2.48. The first-order valence-electron chi connectivity index (χ1n) is 7.13. The zero-order valence-corrected chi connectivity index (χ0v) is 12.8. The van der Waals surface area contributed by atoms with Gasteiger partial charge < -0.3 is 9.88 Å². The molecule has 0 fully saturated rings. The molecule has 1 N–H and O–H groups in total. The first-order chi connectivity index (χ1) is 10.7. The highest BCUT2D eigenvalue weighted by molar-refractivity contribution is 6.30. The number of rotatable bonds is 5. The maximum atomic E-state index is 12.0. The molecule has 3 aromatic rings.